The molecule has 5 rings (SSSR count). The van der Waals surface area contributed by atoms with E-state index < -0.39 is 0 Å². The molecule has 0 bridgehead atoms. The predicted octanol–water partition coefficient (Wildman–Crippen LogP) is 5.93. The van der Waals surface area contributed by atoms with Gasteiger partial charge in [-0.2, -0.15) is 0 Å². The summed E-state index contributed by atoms with van der Waals surface area (Å²) in [6, 6.07) is 19.3. The van der Waals surface area contributed by atoms with Crippen LogP contribution in [0.2, 0.25) is 0 Å². The minimum Gasteiger partial charge on any atom is -0.489 e. The molecule has 0 spiro atoms. The Labute approximate surface area is 185 Å². The number of hydrogen-bond acceptors (Lipinski definition) is 4. The summed E-state index contributed by atoms with van der Waals surface area (Å²) in [6.45, 7) is 1.80. The average molecular weight is 434 g/mol. The Bertz CT molecular complexity index is 1170. The molecule has 2 aromatic carbocycles. The van der Waals surface area contributed by atoms with Crippen molar-refractivity contribution < 1.29 is 9.13 Å². The van der Waals surface area contributed by atoms with Crippen LogP contribution in [0.4, 0.5) is 10.1 Å². The van der Waals surface area contributed by atoms with E-state index >= 15 is 0 Å². The van der Waals surface area contributed by atoms with Gasteiger partial charge in [0.25, 0.3) is 0 Å². The van der Waals surface area contributed by atoms with Crippen LogP contribution in [0.3, 0.4) is 0 Å². The zero-order valence-electron chi connectivity index (χ0n) is 17.4. The van der Waals surface area contributed by atoms with Crippen molar-refractivity contribution in [3.63, 3.8) is 0 Å². The van der Waals surface area contributed by atoms with Crippen molar-refractivity contribution in [2.45, 2.75) is 23.8 Å². The van der Waals surface area contributed by atoms with E-state index in [0.29, 0.717) is 0 Å². The first-order valence-electron chi connectivity index (χ1n) is 10.5. The van der Waals surface area contributed by atoms with Gasteiger partial charge < -0.3 is 14.2 Å². The number of fused-ring (bicyclic) bond motifs is 1. The first-order valence-corrected chi connectivity index (χ1v) is 11.7. The average Bonchev–Trinajstić information content (AvgIpc) is 3.24. The quantitative estimate of drug-likeness (QED) is 0.365. The van der Waals surface area contributed by atoms with Crippen molar-refractivity contribution in [2.24, 2.45) is 0 Å². The van der Waals surface area contributed by atoms with Crippen molar-refractivity contribution in [3.05, 3.63) is 78.9 Å². The number of thioether (sulfide) groups is 1. The highest BCUT2D eigenvalue weighted by Crippen LogP contribution is 2.26. The summed E-state index contributed by atoms with van der Waals surface area (Å²) in [5.74, 6) is 1.48. The van der Waals surface area contributed by atoms with E-state index in [1.807, 2.05) is 30.5 Å². The molecule has 1 fully saturated rings. The summed E-state index contributed by atoms with van der Waals surface area (Å²) >= 11 is 1.75. The minimum absolute atomic E-state index is 0.168. The molecule has 1 saturated heterocycles. The maximum Gasteiger partial charge on any atom is 0.138 e. The van der Waals surface area contributed by atoms with Gasteiger partial charge >= 0.3 is 0 Å². The van der Waals surface area contributed by atoms with Crippen LogP contribution in [-0.2, 0) is 0 Å². The van der Waals surface area contributed by atoms with Crippen molar-refractivity contribution in [2.75, 3.05) is 24.2 Å². The molecular weight excluding hydrogens is 409 g/mol. The van der Waals surface area contributed by atoms with E-state index in [2.05, 4.69) is 51.2 Å². The zero-order valence-corrected chi connectivity index (χ0v) is 18.2. The largest absolute Gasteiger partial charge is 0.489 e. The Morgan fingerprint density at radius 2 is 1.81 bits per heavy atom. The summed E-state index contributed by atoms with van der Waals surface area (Å²) in [4.78, 5) is 8.17. The second kappa shape index (κ2) is 8.63. The highest BCUT2D eigenvalue weighted by molar-refractivity contribution is 7.98. The van der Waals surface area contributed by atoms with Crippen molar-refractivity contribution >= 4 is 28.4 Å². The number of aromatic nitrogens is 2. The molecule has 1 aliphatic heterocycles. The number of anilines is 1. The van der Waals surface area contributed by atoms with Crippen molar-refractivity contribution in [3.8, 4) is 11.6 Å². The second-order valence-electron chi connectivity index (χ2n) is 7.74. The number of piperidine rings is 1. The summed E-state index contributed by atoms with van der Waals surface area (Å²) in [5, 5.41) is 1.21. The topological polar surface area (TPSA) is 30.3 Å². The lowest BCUT2D eigenvalue weighted by Crippen LogP contribution is -2.38. The molecule has 0 aliphatic carbocycles. The van der Waals surface area contributed by atoms with Crippen LogP contribution >= 0.6 is 11.8 Å². The smallest absolute Gasteiger partial charge is 0.138 e. The van der Waals surface area contributed by atoms with Crippen LogP contribution in [0, 0.1) is 5.82 Å². The molecule has 4 nitrogen and oxygen atoms in total. The highest BCUT2D eigenvalue weighted by Gasteiger charge is 2.21. The normalized spacial score (nSPS) is 14.8. The van der Waals surface area contributed by atoms with E-state index in [9.17, 15) is 4.39 Å². The Kier molecular flexibility index (Phi) is 5.55. The molecule has 0 radical (unpaired) electrons. The first kappa shape index (κ1) is 19.9. The molecule has 0 atom stereocenters. The number of nitrogens with zero attached hydrogens (tertiary/aromatic N) is 3. The van der Waals surface area contributed by atoms with Gasteiger partial charge in [0.15, 0.2) is 0 Å². The van der Waals surface area contributed by atoms with E-state index in [0.717, 1.165) is 48.7 Å². The fraction of sp³-hybridized carbons (Fsp3) is 0.240. The molecule has 158 valence electrons. The molecule has 31 heavy (non-hydrogen) atoms. The van der Waals surface area contributed by atoms with Gasteiger partial charge in [-0.1, -0.05) is 0 Å². The summed E-state index contributed by atoms with van der Waals surface area (Å²) in [7, 11) is 0. The van der Waals surface area contributed by atoms with Gasteiger partial charge in [-0.15, -0.1) is 11.8 Å². The van der Waals surface area contributed by atoms with Crippen LogP contribution in [0.5, 0.6) is 5.75 Å². The monoisotopic (exact) mass is 433 g/mol. The van der Waals surface area contributed by atoms with Gasteiger partial charge in [0.2, 0.25) is 0 Å². The van der Waals surface area contributed by atoms with Crippen LogP contribution < -0.4 is 9.64 Å². The van der Waals surface area contributed by atoms with E-state index in [1.165, 1.54) is 22.4 Å². The number of pyridine rings is 1. The Hall–Kier alpha value is -2.99. The number of hydrogen-bond donors (Lipinski definition) is 0. The molecule has 0 amide bonds. The van der Waals surface area contributed by atoms with E-state index in [1.54, 1.807) is 11.8 Å². The second-order valence-corrected chi connectivity index (χ2v) is 8.62. The lowest BCUT2D eigenvalue weighted by atomic mass is 10.1. The predicted molar refractivity (Wildman–Crippen MR) is 125 cm³/mol. The third-order valence-electron chi connectivity index (χ3n) is 5.80. The summed E-state index contributed by atoms with van der Waals surface area (Å²) in [5.41, 5.74) is 2.21. The standard InChI is InChI=1S/C25H24FN3OS/c1-31-23-7-8-24-18(16-23)10-15-29(24)25-9-6-22(17-27-25)30-21-11-13-28(14-12-21)20-4-2-19(26)3-5-20/h2-10,15-17,21H,11-14H2,1H3. The fourth-order valence-electron chi connectivity index (χ4n) is 4.11. The molecule has 3 heterocycles. The van der Waals surface area contributed by atoms with Gasteiger partial charge in [-0.05, 0) is 66.9 Å². The maximum atomic E-state index is 13.1. The fourth-order valence-corrected chi connectivity index (χ4v) is 4.56. The first-order chi connectivity index (χ1) is 15.2. The van der Waals surface area contributed by atoms with Crippen LogP contribution in [0.25, 0.3) is 16.7 Å². The van der Waals surface area contributed by atoms with Crippen molar-refractivity contribution in [1.29, 1.82) is 0 Å². The molecule has 1 aliphatic rings. The van der Waals surface area contributed by atoms with Gasteiger partial charge in [-0.3, -0.25) is 0 Å². The summed E-state index contributed by atoms with van der Waals surface area (Å²) < 4.78 is 21.4. The van der Waals surface area contributed by atoms with Gasteiger partial charge in [-0.25, -0.2) is 9.37 Å². The zero-order chi connectivity index (χ0) is 21.2. The number of benzene rings is 2. The van der Waals surface area contributed by atoms with Gasteiger partial charge in [0, 0.05) is 48.1 Å². The number of halogens is 1. The molecular formula is C25H24FN3OS. The molecule has 2 aromatic heterocycles. The summed E-state index contributed by atoms with van der Waals surface area (Å²) in [6.07, 6.45) is 7.98. The minimum atomic E-state index is -0.199. The Morgan fingerprint density at radius 3 is 2.52 bits per heavy atom. The van der Waals surface area contributed by atoms with Gasteiger partial charge in [0.05, 0.1) is 11.7 Å². The van der Waals surface area contributed by atoms with E-state index in [-0.39, 0.29) is 11.9 Å². The Balaban J connectivity index is 1.23. The van der Waals surface area contributed by atoms with Crippen LogP contribution in [0.1, 0.15) is 12.8 Å². The lowest BCUT2D eigenvalue weighted by Gasteiger charge is -2.33. The van der Waals surface area contributed by atoms with Gasteiger partial charge in [0.1, 0.15) is 23.5 Å². The number of rotatable bonds is 5. The third kappa shape index (κ3) is 4.26. The number of ether oxygens (including phenoxy) is 1. The SMILES string of the molecule is CSc1ccc2c(ccn2-c2ccc(OC3CCN(c4ccc(F)cc4)CC3)cn2)c1. The lowest BCUT2D eigenvalue weighted by molar-refractivity contribution is 0.170. The molecule has 0 saturated carbocycles. The molecule has 6 heteroatoms. The third-order valence-corrected chi connectivity index (χ3v) is 6.53. The highest BCUT2D eigenvalue weighted by atomic mass is 32.2. The Morgan fingerprint density at radius 1 is 1.00 bits per heavy atom. The maximum absolute atomic E-state index is 13.1. The van der Waals surface area contributed by atoms with Crippen molar-refractivity contribution in [1.82, 2.24) is 9.55 Å². The van der Waals surface area contributed by atoms with E-state index in [4.69, 9.17) is 4.74 Å². The van der Waals surface area contributed by atoms with Crippen LogP contribution in [0.15, 0.2) is 78.0 Å². The molecule has 0 N–H and O–H groups in total. The van der Waals surface area contributed by atoms with Crippen LogP contribution in [-0.4, -0.2) is 35.0 Å². The molecule has 4 aromatic rings. The molecule has 0 unspecified atom stereocenters.